The SMILES string of the molecule is NC(=O)c1ccc(Oc2ccc(Cl)s2)cc1C1CC2CC1CN2. The van der Waals surface area contributed by atoms with E-state index in [-0.39, 0.29) is 5.91 Å². The second-order valence-electron chi connectivity index (χ2n) is 6.22. The number of nitrogens with one attached hydrogen (secondary N) is 1. The Bertz CT molecular complexity index is 761. The summed E-state index contributed by atoms with van der Waals surface area (Å²) < 4.78 is 6.57. The highest BCUT2D eigenvalue weighted by molar-refractivity contribution is 7.17. The smallest absolute Gasteiger partial charge is 0.248 e. The molecule has 3 unspecified atom stereocenters. The minimum absolute atomic E-state index is 0.374. The van der Waals surface area contributed by atoms with Crippen molar-refractivity contribution >= 4 is 28.8 Å². The molecule has 6 heteroatoms. The molecule has 0 radical (unpaired) electrons. The van der Waals surface area contributed by atoms with Gasteiger partial charge in [-0.25, -0.2) is 0 Å². The van der Waals surface area contributed by atoms with Crippen LogP contribution in [0.15, 0.2) is 30.3 Å². The zero-order chi connectivity index (χ0) is 16.0. The second kappa shape index (κ2) is 5.82. The highest BCUT2D eigenvalue weighted by atomic mass is 35.5. The van der Waals surface area contributed by atoms with E-state index >= 15 is 0 Å². The van der Waals surface area contributed by atoms with Crippen LogP contribution in [0.25, 0.3) is 0 Å². The maximum Gasteiger partial charge on any atom is 0.248 e. The van der Waals surface area contributed by atoms with Crippen molar-refractivity contribution in [3.63, 3.8) is 0 Å². The van der Waals surface area contributed by atoms with Crippen LogP contribution in [0.4, 0.5) is 0 Å². The van der Waals surface area contributed by atoms with Crippen LogP contribution in [0.3, 0.4) is 0 Å². The molecule has 3 atom stereocenters. The summed E-state index contributed by atoms with van der Waals surface area (Å²) in [6, 6.07) is 9.76. The van der Waals surface area contributed by atoms with Crippen LogP contribution in [-0.2, 0) is 0 Å². The lowest BCUT2D eigenvalue weighted by Gasteiger charge is -2.24. The van der Waals surface area contributed by atoms with E-state index in [1.807, 2.05) is 18.2 Å². The Morgan fingerprint density at radius 3 is 2.78 bits per heavy atom. The summed E-state index contributed by atoms with van der Waals surface area (Å²) in [5, 5.41) is 4.24. The van der Waals surface area contributed by atoms with Gasteiger partial charge in [-0.1, -0.05) is 22.9 Å². The van der Waals surface area contributed by atoms with Gasteiger partial charge >= 0.3 is 0 Å². The van der Waals surface area contributed by atoms with Crippen molar-refractivity contribution in [1.29, 1.82) is 0 Å². The lowest BCUT2D eigenvalue weighted by molar-refractivity contribution is 0.0998. The lowest BCUT2D eigenvalue weighted by atomic mass is 9.85. The first-order valence-corrected chi connectivity index (χ1v) is 8.90. The number of ether oxygens (including phenoxy) is 1. The topological polar surface area (TPSA) is 64.4 Å². The Labute approximate surface area is 143 Å². The van der Waals surface area contributed by atoms with Crippen LogP contribution in [0, 0.1) is 5.92 Å². The summed E-state index contributed by atoms with van der Waals surface area (Å²) >= 11 is 7.33. The fourth-order valence-electron chi connectivity index (χ4n) is 3.82. The molecule has 1 amide bonds. The molecule has 2 heterocycles. The number of fused-ring (bicyclic) bond motifs is 2. The monoisotopic (exact) mass is 348 g/mol. The summed E-state index contributed by atoms with van der Waals surface area (Å²) in [5.41, 5.74) is 7.21. The highest BCUT2D eigenvalue weighted by Gasteiger charge is 2.41. The van der Waals surface area contributed by atoms with Gasteiger partial charge in [0.1, 0.15) is 5.75 Å². The fraction of sp³-hybridized carbons (Fsp3) is 0.353. The molecular formula is C17H17ClN2O2S. The van der Waals surface area contributed by atoms with E-state index < -0.39 is 0 Å². The van der Waals surface area contributed by atoms with Gasteiger partial charge in [0.2, 0.25) is 5.91 Å². The molecule has 4 nitrogen and oxygen atoms in total. The van der Waals surface area contributed by atoms with Crippen molar-refractivity contribution in [2.45, 2.75) is 24.8 Å². The van der Waals surface area contributed by atoms with Gasteiger partial charge in [-0.05, 0) is 67.1 Å². The third-order valence-corrected chi connectivity index (χ3v) is 5.93. The average molecular weight is 349 g/mol. The van der Waals surface area contributed by atoms with Gasteiger partial charge in [0.15, 0.2) is 5.06 Å². The molecule has 1 aromatic heterocycles. The third-order valence-electron chi connectivity index (χ3n) is 4.82. The number of nitrogens with two attached hydrogens (primary N) is 1. The maximum atomic E-state index is 11.8. The summed E-state index contributed by atoms with van der Waals surface area (Å²) in [5.74, 6) is 1.30. The average Bonchev–Trinajstić information content (AvgIpc) is 3.24. The Balaban J connectivity index is 1.67. The van der Waals surface area contributed by atoms with E-state index in [0.29, 0.717) is 27.8 Å². The summed E-state index contributed by atoms with van der Waals surface area (Å²) in [6.45, 7) is 1.01. The molecule has 1 aliphatic carbocycles. The number of benzene rings is 1. The Kier molecular flexibility index (Phi) is 3.79. The summed E-state index contributed by atoms with van der Waals surface area (Å²) in [6.07, 6.45) is 2.23. The summed E-state index contributed by atoms with van der Waals surface area (Å²) in [4.78, 5) is 11.8. The van der Waals surface area contributed by atoms with Gasteiger partial charge in [0.05, 0.1) is 4.34 Å². The molecule has 0 spiro atoms. The second-order valence-corrected chi connectivity index (χ2v) is 7.89. The molecule has 4 rings (SSSR count). The number of hydrogen-bond acceptors (Lipinski definition) is 4. The van der Waals surface area contributed by atoms with E-state index in [4.69, 9.17) is 22.1 Å². The molecule has 2 bridgehead atoms. The molecule has 1 saturated heterocycles. The number of hydrogen-bond donors (Lipinski definition) is 2. The van der Waals surface area contributed by atoms with Crippen molar-refractivity contribution in [2.24, 2.45) is 11.7 Å². The molecule has 120 valence electrons. The minimum atomic E-state index is -0.374. The largest absolute Gasteiger partial charge is 0.447 e. The molecule has 1 aromatic carbocycles. The third kappa shape index (κ3) is 2.84. The van der Waals surface area contributed by atoms with Gasteiger partial charge in [-0.15, -0.1) is 0 Å². The van der Waals surface area contributed by atoms with Crippen LogP contribution in [0.1, 0.15) is 34.7 Å². The molecule has 3 N–H and O–H groups in total. The van der Waals surface area contributed by atoms with Crippen LogP contribution in [0.2, 0.25) is 4.34 Å². The first kappa shape index (κ1) is 15.0. The van der Waals surface area contributed by atoms with E-state index in [9.17, 15) is 4.79 Å². The number of halogens is 1. The van der Waals surface area contributed by atoms with E-state index in [1.54, 1.807) is 12.1 Å². The molecule has 1 aliphatic heterocycles. The van der Waals surface area contributed by atoms with Crippen molar-refractivity contribution in [3.05, 3.63) is 45.8 Å². The van der Waals surface area contributed by atoms with Crippen LogP contribution < -0.4 is 15.8 Å². The van der Waals surface area contributed by atoms with Crippen molar-refractivity contribution in [2.75, 3.05) is 6.54 Å². The molecule has 23 heavy (non-hydrogen) atoms. The van der Waals surface area contributed by atoms with E-state index in [0.717, 1.165) is 29.3 Å². The number of carbonyl (C=O) groups is 1. The van der Waals surface area contributed by atoms with Gasteiger partial charge < -0.3 is 15.8 Å². The molecular weight excluding hydrogens is 332 g/mol. The molecule has 1 saturated carbocycles. The molecule has 2 fully saturated rings. The number of amides is 1. The van der Waals surface area contributed by atoms with Crippen molar-refractivity contribution in [3.8, 4) is 10.8 Å². The predicted molar refractivity (Wildman–Crippen MR) is 91.6 cm³/mol. The van der Waals surface area contributed by atoms with Gasteiger partial charge in [-0.2, -0.15) is 0 Å². The van der Waals surface area contributed by atoms with E-state index in [1.165, 1.54) is 17.8 Å². The number of thiophene rings is 1. The fourth-order valence-corrected chi connectivity index (χ4v) is 4.71. The van der Waals surface area contributed by atoms with Crippen molar-refractivity contribution < 1.29 is 9.53 Å². The highest BCUT2D eigenvalue weighted by Crippen LogP contribution is 2.45. The van der Waals surface area contributed by atoms with E-state index in [2.05, 4.69) is 5.32 Å². The Morgan fingerprint density at radius 2 is 2.17 bits per heavy atom. The molecule has 2 aromatic rings. The van der Waals surface area contributed by atoms with Crippen LogP contribution >= 0.6 is 22.9 Å². The Hall–Kier alpha value is -1.56. The Morgan fingerprint density at radius 1 is 1.30 bits per heavy atom. The number of carbonyl (C=O) groups excluding carboxylic acids is 1. The van der Waals surface area contributed by atoms with Crippen LogP contribution in [0.5, 0.6) is 10.8 Å². The van der Waals surface area contributed by atoms with Crippen LogP contribution in [-0.4, -0.2) is 18.5 Å². The number of rotatable bonds is 4. The zero-order valence-electron chi connectivity index (χ0n) is 12.4. The predicted octanol–water partition coefficient (Wildman–Crippen LogP) is 3.76. The zero-order valence-corrected chi connectivity index (χ0v) is 14.0. The lowest BCUT2D eigenvalue weighted by Crippen LogP contribution is -2.29. The van der Waals surface area contributed by atoms with Gasteiger partial charge in [0, 0.05) is 11.6 Å². The first-order chi connectivity index (χ1) is 11.1. The quantitative estimate of drug-likeness (QED) is 0.884. The maximum absolute atomic E-state index is 11.8. The first-order valence-electron chi connectivity index (χ1n) is 7.70. The normalized spacial score (nSPS) is 25.7. The number of primary amides is 1. The minimum Gasteiger partial charge on any atom is -0.447 e. The standard InChI is InChI=1S/C17H17ClN2O2S/c18-15-3-4-16(23-15)22-11-1-2-12(17(19)21)14(7-11)13-6-10-5-9(13)8-20-10/h1-4,7,9-10,13,20H,5-6,8H2,(H2,19,21). The number of piperidine rings is 1. The molecule has 2 aliphatic rings. The van der Waals surface area contributed by atoms with Gasteiger partial charge in [-0.3, -0.25) is 4.79 Å². The van der Waals surface area contributed by atoms with Crippen molar-refractivity contribution in [1.82, 2.24) is 5.32 Å². The van der Waals surface area contributed by atoms with Gasteiger partial charge in [0.25, 0.3) is 0 Å². The summed E-state index contributed by atoms with van der Waals surface area (Å²) in [7, 11) is 0.